The molecule has 1 aliphatic heterocycles. The minimum atomic E-state index is -4.45. The number of rotatable bonds is 10. The molecule has 1 aliphatic rings. The van der Waals surface area contributed by atoms with Crippen LogP contribution in [0.2, 0.25) is 0 Å². The highest BCUT2D eigenvalue weighted by molar-refractivity contribution is 5.95. The molecule has 9 heteroatoms. The number of nitrogens with zero attached hydrogens (tertiary/aromatic N) is 4. The maximum absolute atomic E-state index is 14.3. The zero-order valence-corrected chi connectivity index (χ0v) is 24.8. The SMILES string of the molecule is O=C(C(Cc1ccccc1)N(Cc1ccccn1)C(=O)C=Cc1ccc(C(F)(F)F)cc1)N1CCN(Cc2ccccc2)CC1. The molecule has 1 atom stereocenters. The van der Waals surface area contributed by atoms with Gasteiger partial charge < -0.3 is 9.80 Å². The van der Waals surface area contributed by atoms with Gasteiger partial charge in [0.15, 0.2) is 0 Å². The number of alkyl halides is 3. The average molecular weight is 613 g/mol. The van der Waals surface area contributed by atoms with Crippen LogP contribution in [0.1, 0.15) is 27.9 Å². The van der Waals surface area contributed by atoms with Crippen molar-refractivity contribution in [2.75, 3.05) is 26.2 Å². The van der Waals surface area contributed by atoms with Crippen molar-refractivity contribution in [2.45, 2.75) is 31.7 Å². The number of carbonyl (C=O) groups is 2. The summed E-state index contributed by atoms with van der Waals surface area (Å²) in [5.74, 6) is -0.581. The third kappa shape index (κ3) is 8.89. The molecule has 0 radical (unpaired) electrons. The van der Waals surface area contributed by atoms with Crippen LogP contribution < -0.4 is 0 Å². The molecule has 45 heavy (non-hydrogen) atoms. The van der Waals surface area contributed by atoms with Gasteiger partial charge in [-0.25, -0.2) is 0 Å². The molecule has 1 unspecified atom stereocenters. The van der Waals surface area contributed by atoms with Gasteiger partial charge in [0, 0.05) is 51.4 Å². The zero-order valence-electron chi connectivity index (χ0n) is 24.8. The van der Waals surface area contributed by atoms with Crippen LogP contribution in [0.4, 0.5) is 13.2 Å². The number of piperazine rings is 1. The summed E-state index contributed by atoms with van der Waals surface area (Å²) in [7, 11) is 0. The van der Waals surface area contributed by atoms with Crippen LogP contribution in [0.5, 0.6) is 0 Å². The van der Waals surface area contributed by atoms with E-state index in [-0.39, 0.29) is 12.5 Å². The number of pyridine rings is 1. The van der Waals surface area contributed by atoms with Gasteiger partial charge in [-0.15, -0.1) is 0 Å². The number of benzene rings is 3. The maximum Gasteiger partial charge on any atom is 0.416 e. The number of hydrogen-bond acceptors (Lipinski definition) is 4. The lowest BCUT2D eigenvalue weighted by Crippen LogP contribution is -2.56. The Balaban J connectivity index is 1.39. The van der Waals surface area contributed by atoms with E-state index in [1.165, 1.54) is 34.7 Å². The Labute approximate surface area is 261 Å². The van der Waals surface area contributed by atoms with Crippen LogP contribution in [-0.4, -0.2) is 63.7 Å². The lowest BCUT2D eigenvalue weighted by molar-refractivity contribution is -0.145. The lowest BCUT2D eigenvalue weighted by atomic mass is 10.0. The second-order valence-electron chi connectivity index (χ2n) is 11.0. The minimum Gasteiger partial charge on any atom is -0.338 e. The Morgan fingerprint density at radius 3 is 2.02 bits per heavy atom. The second-order valence-corrected chi connectivity index (χ2v) is 11.0. The van der Waals surface area contributed by atoms with Gasteiger partial charge in [0.25, 0.3) is 0 Å². The number of aromatic nitrogens is 1. The van der Waals surface area contributed by atoms with Crippen LogP contribution in [0.25, 0.3) is 6.08 Å². The van der Waals surface area contributed by atoms with E-state index in [1.54, 1.807) is 18.3 Å². The maximum atomic E-state index is 14.3. The van der Waals surface area contributed by atoms with Crippen molar-refractivity contribution in [3.63, 3.8) is 0 Å². The summed E-state index contributed by atoms with van der Waals surface area (Å²) in [6.45, 7) is 3.37. The molecule has 4 aromatic rings. The Bertz CT molecular complexity index is 1560. The summed E-state index contributed by atoms with van der Waals surface area (Å²) in [4.78, 5) is 38.2. The topological polar surface area (TPSA) is 56.8 Å². The first kappa shape index (κ1) is 31.7. The van der Waals surface area contributed by atoms with Gasteiger partial charge in [-0.2, -0.15) is 13.2 Å². The normalized spacial score (nSPS) is 14.8. The lowest BCUT2D eigenvalue weighted by Gasteiger charge is -2.39. The van der Waals surface area contributed by atoms with Crippen LogP contribution in [0, 0.1) is 0 Å². The number of carbonyl (C=O) groups excluding carboxylic acids is 2. The van der Waals surface area contributed by atoms with Crippen molar-refractivity contribution in [1.29, 1.82) is 0 Å². The quantitative estimate of drug-likeness (QED) is 0.203. The van der Waals surface area contributed by atoms with E-state index in [1.807, 2.05) is 59.5 Å². The fourth-order valence-corrected chi connectivity index (χ4v) is 5.40. The van der Waals surface area contributed by atoms with Gasteiger partial charge in [0.1, 0.15) is 6.04 Å². The minimum absolute atomic E-state index is 0.0915. The molecule has 0 saturated carbocycles. The molecule has 1 fully saturated rings. The van der Waals surface area contributed by atoms with Gasteiger partial charge >= 0.3 is 6.18 Å². The van der Waals surface area contributed by atoms with Crippen molar-refractivity contribution in [3.05, 3.63) is 143 Å². The summed E-state index contributed by atoms with van der Waals surface area (Å²) in [6, 6.07) is 28.9. The molecular weight excluding hydrogens is 577 g/mol. The van der Waals surface area contributed by atoms with Crippen molar-refractivity contribution in [3.8, 4) is 0 Å². The Hall–Kier alpha value is -4.76. The Kier molecular flexibility index (Phi) is 10.4. The van der Waals surface area contributed by atoms with Gasteiger partial charge in [-0.1, -0.05) is 78.9 Å². The predicted octanol–water partition coefficient (Wildman–Crippen LogP) is 6.10. The van der Waals surface area contributed by atoms with E-state index >= 15 is 0 Å². The fourth-order valence-electron chi connectivity index (χ4n) is 5.40. The van der Waals surface area contributed by atoms with E-state index in [0.717, 1.165) is 24.2 Å². The van der Waals surface area contributed by atoms with E-state index in [4.69, 9.17) is 0 Å². The molecule has 1 saturated heterocycles. The number of hydrogen-bond donors (Lipinski definition) is 0. The molecular formula is C36H35F3N4O2. The highest BCUT2D eigenvalue weighted by Gasteiger charge is 2.34. The van der Waals surface area contributed by atoms with E-state index in [2.05, 4.69) is 22.0 Å². The highest BCUT2D eigenvalue weighted by Crippen LogP contribution is 2.29. The highest BCUT2D eigenvalue weighted by atomic mass is 19.4. The van der Waals surface area contributed by atoms with Crippen molar-refractivity contribution >= 4 is 17.9 Å². The van der Waals surface area contributed by atoms with Crippen LogP contribution in [0.15, 0.2) is 115 Å². The van der Waals surface area contributed by atoms with Crippen molar-refractivity contribution in [1.82, 2.24) is 19.7 Å². The molecule has 0 bridgehead atoms. The molecule has 5 rings (SSSR count). The first-order chi connectivity index (χ1) is 21.8. The summed E-state index contributed by atoms with van der Waals surface area (Å²) in [5.41, 5.74) is 2.41. The molecule has 2 heterocycles. The smallest absolute Gasteiger partial charge is 0.338 e. The summed E-state index contributed by atoms with van der Waals surface area (Å²) in [5, 5.41) is 0. The van der Waals surface area contributed by atoms with Crippen molar-refractivity contribution < 1.29 is 22.8 Å². The molecule has 1 aromatic heterocycles. The van der Waals surface area contributed by atoms with Crippen LogP contribution in [-0.2, 0) is 35.3 Å². The van der Waals surface area contributed by atoms with Crippen LogP contribution in [0.3, 0.4) is 0 Å². The monoisotopic (exact) mass is 612 g/mol. The third-order valence-electron chi connectivity index (χ3n) is 7.86. The van der Waals surface area contributed by atoms with E-state index in [9.17, 15) is 22.8 Å². The third-order valence-corrected chi connectivity index (χ3v) is 7.86. The summed E-state index contributed by atoms with van der Waals surface area (Å²) in [6.07, 6.45) is 0.275. The van der Waals surface area contributed by atoms with Gasteiger partial charge in [0.2, 0.25) is 11.8 Å². The molecule has 2 amide bonds. The average Bonchev–Trinajstić information content (AvgIpc) is 3.06. The van der Waals surface area contributed by atoms with Gasteiger partial charge in [-0.3, -0.25) is 19.5 Å². The summed E-state index contributed by atoms with van der Waals surface area (Å²) < 4.78 is 39.1. The zero-order chi connectivity index (χ0) is 31.6. The Morgan fingerprint density at radius 2 is 1.42 bits per heavy atom. The number of amides is 2. The van der Waals surface area contributed by atoms with Gasteiger partial charge in [-0.05, 0) is 47.0 Å². The predicted molar refractivity (Wildman–Crippen MR) is 167 cm³/mol. The molecule has 232 valence electrons. The largest absolute Gasteiger partial charge is 0.416 e. The second kappa shape index (κ2) is 14.8. The number of halogens is 3. The first-order valence-electron chi connectivity index (χ1n) is 14.9. The molecule has 0 N–H and O–H groups in total. The van der Waals surface area contributed by atoms with Crippen molar-refractivity contribution in [2.24, 2.45) is 0 Å². The van der Waals surface area contributed by atoms with E-state index in [0.29, 0.717) is 43.9 Å². The molecule has 6 nitrogen and oxygen atoms in total. The van der Waals surface area contributed by atoms with E-state index < -0.39 is 23.7 Å². The molecule has 0 aliphatic carbocycles. The van der Waals surface area contributed by atoms with Crippen LogP contribution >= 0.6 is 0 Å². The molecule has 3 aromatic carbocycles. The Morgan fingerprint density at radius 1 is 0.800 bits per heavy atom. The fraction of sp³-hybridized carbons (Fsp3) is 0.250. The summed E-state index contributed by atoms with van der Waals surface area (Å²) >= 11 is 0. The first-order valence-corrected chi connectivity index (χ1v) is 14.9. The standard InChI is InChI=1S/C36H35F3N4O2/c37-36(38,39)31-17-14-28(15-18-31)16-19-34(44)43(27-32-13-7-8-20-40-32)33(25-29-9-3-1-4-10-29)35(45)42-23-21-41(22-24-42)26-30-11-5-2-6-12-30/h1-20,33H,21-27H2. The molecule has 0 spiro atoms. The van der Waals surface area contributed by atoms with Gasteiger partial charge in [0.05, 0.1) is 17.8 Å².